The van der Waals surface area contributed by atoms with Crippen LogP contribution in [0.25, 0.3) is 0 Å². The largest absolute Gasteiger partial charge is 0.486 e. The molecule has 28 heavy (non-hydrogen) atoms. The van der Waals surface area contributed by atoms with Crippen molar-refractivity contribution in [1.82, 2.24) is 9.88 Å². The van der Waals surface area contributed by atoms with Gasteiger partial charge in [-0.2, -0.15) is 0 Å². The molecular weight excluding hydrogens is 372 g/mol. The Bertz CT molecular complexity index is 916. The maximum atomic E-state index is 12.7. The Morgan fingerprint density at radius 2 is 2.07 bits per heavy atom. The van der Waals surface area contributed by atoms with Gasteiger partial charge >= 0.3 is 0 Å². The van der Waals surface area contributed by atoms with Crippen molar-refractivity contribution >= 4 is 17.2 Å². The van der Waals surface area contributed by atoms with Gasteiger partial charge in [0, 0.05) is 11.9 Å². The first-order chi connectivity index (χ1) is 13.4. The third-order valence-electron chi connectivity index (χ3n) is 4.40. The molecule has 0 aliphatic carbocycles. The van der Waals surface area contributed by atoms with Gasteiger partial charge in [0.15, 0.2) is 5.76 Å². The molecule has 0 saturated heterocycles. The first-order valence-electron chi connectivity index (χ1n) is 9.38. The van der Waals surface area contributed by atoms with Crippen LogP contribution in [0.15, 0.2) is 46.4 Å². The van der Waals surface area contributed by atoms with Crippen LogP contribution in [0, 0.1) is 19.8 Å². The molecule has 1 aromatic carbocycles. The number of amides is 1. The van der Waals surface area contributed by atoms with Gasteiger partial charge in [-0.3, -0.25) is 4.79 Å². The van der Waals surface area contributed by atoms with Crippen molar-refractivity contribution in [2.45, 2.75) is 40.8 Å². The molecule has 3 aromatic rings. The van der Waals surface area contributed by atoms with E-state index in [0.717, 1.165) is 16.5 Å². The van der Waals surface area contributed by atoms with Crippen LogP contribution >= 0.6 is 11.3 Å². The summed E-state index contributed by atoms with van der Waals surface area (Å²) in [5.74, 6) is 1.44. The monoisotopic (exact) mass is 398 g/mol. The number of hydrogen-bond acceptors (Lipinski definition) is 5. The minimum atomic E-state index is -0.111. The Labute approximate surface area is 170 Å². The number of nitrogens with zero attached hydrogens (tertiary/aromatic N) is 2. The van der Waals surface area contributed by atoms with E-state index < -0.39 is 0 Å². The van der Waals surface area contributed by atoms with Gasteiger partial charge in [0.1, 0.15) is 17.4 Å². The van der Waals surface area contributed by atoms with E-state index in [4.69, 9.17) is 9.15 Å². The molecule has 6 heteroatoms. The molecule has 2 aromatic heterocycles. The number of aromatic nitrogens is 1. The maximum Gasteiger partial charge on any atom is 0.289 e. The van der Waals surface area contributed by atoms with Crippen LogP contribution in [-0.2, 0) is 13.2 Å². The molecule has 0 bridgehead atoms. The highest BCUT2D eigenvalue weighted by Crippen LogP contribution is 2.20. The Balaban J connectivity index is 1.64. The second-order valence-corrected chi connectivity index (χ2v) is 8.27. The standard InChI is InChI=1S/C22H26N2O3S/c1-15(2)11-24(22(25)20-6-5-9-26-20)12-18-14-28-21(23-18)13-27-19-8-7-16(3)17(4)10-19/h5-10,14-15H,11-13H2,1-4H3. The van der Waals surface area contributed by atoms with Crippen molar-refractivity contribution < 1.29 is 13.9 Å². The predicted molar refractivity (Wildman–Crippen MR) is 111 cm³/mol. The number of rotatable bonds is 8. The van der Waals surface area contributed by atoms with Crippen molar-refractivity contribution in [1.29, 1.82) is 0 Å². The van der Waals surface area contributed by atoms with E-state index >= 15 is 0 Å². The Hall–Kier alpha value is -2.60. The molecule has 2 heterocycles. The molecule has 0 spiro atoms. The lowest BCUT2D eigenvalue weighted by atomic mass is 10.1. The van der Waals surface area contributed by atoms with Crippen LogP contribution in [0.2, 0.25) is 0 Å². The molecule has 0 aliphatic heterocycles. The number of benzene rings is 1. The first kappa shape index (κ1) is 20.1. The zero-order valence-electron chi connectivity index (χ0n) is 16.8. The molecule has 0 atom stereocenters. The highest BCUT2D eigenvalue weighted by molar-refractivity contribution is 7.09. The van der Waals surface area contributed by atoms with E-state index in [-0.39, 0.29) is 5.91 Å². The molecule has 0 aliphatic rings. The fourth-order valence-corrected chi connectivity index (χ4v) is 3.54. The molecule has 0 fully saturated rings. The van der Waals surface area contributed by atoms with Crippen LogP contribution < -0.4 is 4.74 Å². The topological polar surface area (TPSA) is 55.6 Å². The number of furan rings is 1. The molecule has 3 rings (SSSR count). The van der Waals surface area contributed by atoms with E-state index in [0.29, 0.717) is 31.4 Å². The van der Waals surface area contributed by atoms with E-state index in [2.05, 4.69) is 38.7 Å². The summed E-state index contributed by atoms with van der Waals surface area (Å²) in [5, 5.41) is 2.88. The third-order valence-corrected chi connectivity index (χ3v) is 5.27. The van der Waals surface area contributed by atoms with Gasteiger partial charge in [-0.15, -0.1) is 11.3 Å². The zero-order chi connectivity index (χ0) is 20.1. The number of ether oxygens (including phenoxy) is 1. The Morgan fingerprint density at radius 3 is 2.75 bits per heavy atom. The van der Waals surface area contributed by atoms with E-state index in [1.165, 1.54) is 17.4 Å². The lowest BCUT2D eigenvalue weighted by Crippen LogP contribution is -2.33. The average Bonchev–Trinajstić information content (AvgIpc) is 3.33. The number of carbonyl (C=O) groups excluding carboxylic acids is 1. The van der Waals surface area contributed by atoms with Crippen LogP contribution in [-0.4, -0.2) is 22.3 Å². The number of thiazole rings is 1. The highest BCUT2D eigenvalue weighted by Gasteiger charge is 2.20. The molecule has 0 unspecified atom stereocenters. The van der Waals surface area contributed by atoms with Crippen molar-refractivity contribution in [2.24, 2.45) is 5.92 Å². The normalized spacial score (nSPS) is 11.0. The molecule has 1 amide bonds. The quantitative estimate of drug-likeness (QED) is 0.521. The molecule has 0 radical (unpaired) electrons. The summed E-state index contributed by atoms with van der Waals surface area (Å²) in [6.45, 7) is 9.85. The smallest absolute Gasteiger partial charge is 0.289 e. The van der Waals surface area contributed by atoms with Gasteiger partial charge in [-0.1, -0.05) is 19.9 Å². The molecule has 148 valence electrons. The highest BCUT2D eigenvalue weighted by atomic mass is 32.1. The first-order valence-corrected chi connectivity index (χ1v) is 10.3. The van der Waals surface area contributed by atoms with Gasteiger partial charge < -0.3 is 14.1 Å². The summed E-state index contributed by atoms with van der Waals surface area (Å²) in [4.78, 5) is 19.1. The SMILES string of the molecule is Cc1ccc(OCc2nc(CN(CC(C)C)C(=O)c3ccco3)cs2)cc1C. The third kappa shape index (κ3) is 5.23. The summed E-state index contributed by atoms with van der Waals surface area (Å²) in [7, 11) is 0. The molecular formula is C22H26N2O3S. The fourth-order valence-electron chi connectivity index (χ4n) is 2.85. The van der Waals surface area contributed by atoms with Crippen LogP contribution in [0.4, 0.5) is 0 Å². The summed E-state index contributed by atoms with van der Waals surface area (Å²) < 4.78 is 11.1. The molecule has 0 saturated carbocycles. The molecule has 0 N–H and O–H groups in total. The fraction of sp³-hybridized carbons (Fsp3) is 0.364. The second-order valence-electron chi connectivity index (χ2n) is 7.32. The minimum Gasteiger partial charge on any atom is -0.486 e. The second kappa shape index (κ2) is 9.06. The predicted octanol–water partition coefficient (Wildman–Crippen LogP) is 5.23. The zero-order valence-corrected chi connectivity index (χ0v) is 17.6. The number of carbonyl (C=O) groups is 1. The molecule has 5 nitrogen and oxygen atoms in total. The lowest BCUT2D eigenvalue weighted by Gasteiger charge is -2.22. The summed E-state index contributed by atoms with van der Waals surface area (Å²) in [6.07, 6.45) is 1.52. The van der Waals surface area contributed by atoms with Crippen LogP contribution in [0.1, 0.15) is 46.2 Å². The van der Waals surface area contributed by atoms with E-state index in [1.54, 1.807) is 28.4 Å². The lowest BCUT2D eigenvalue weighted by molar-refractivity contribution is 0.0688. The Morgan fingerprint density at radius 1 is 1.25 bits per heavy atom. The van der Waals surface area contributed by atoms with Gasteiger partial charge in [-0.05, 0) is 55.2 Å². The Kier molecular flexibility index (Phi) is 6.52. The van der Waals surface area contributed by atoms with Crippen molar-refractivity contribution in [2.75, 3.05) is 6.54 Å². The van der Waals surface area contributed by atoms with E-state index in [1.807, 2.05) is 17.5 Å². The maximum absolute atomic E-state index is 12.7. The average molecular weight is 399 g/mol. The van der Waals surface area contributed by atoms with Gasteiger partial charge in [0.25, 0.3) is 5.91 Å². The van der Waals surface area contributed by atoms with Crippen molar-refractivity contribution in [3.63, 3.8) is 0 Å². The van der Waals surface area contributed by atoms with E-state index in [9.17, 15) is 4.79 Å². The summed E-state index contributed by atoms with van der Waals surface area (Å²) in [5.41, 5.74) is 3.32. The summed E-state index contributed by atoms with van der Waals surface area (Å²) >= 11 is 1.55. The van der Waals surface area contributed by atoms with Gasteiger partial charge in [-0.25, -0.2) is 4.98 Å². The summed E-state index contributed by atoms with van der Waals surface area (Å²) in [6, 6.07) is 9.49. The van der Waals surface area contributed by atoms with Gasteiger partial charge in [0.2, 0.25) is 0 Å². The van der Waals surface area contributed by atoms with Crippen LogP contribution in [0.3, 0.4) is 0 Å². The number of aryl methyl sites for hydroxylation is 2. The van der Waals surface area contributed by atoms with Crippen LogP contribution in [0.5, 0.6) is 5.75 Å². The van der Waals surface area contributed by atoms with Gasteiger partial charge in [0.05, 0.1) is 18.5 Å². The minimum absolute atomic E-state index is 0.111. The number of hydrogen-bond donors (Lipinski definition) is 0. The van der Waals surface area contributed by atoms with Crippen molar-refractivity contribution in [3.05, 3.63) is 69.6 Å². The van der Waals surface area contributed by atoms with Crippen molar-refractivity contribution in [3.8, 4) is 5.75 Å².